The Balaban J connectivity index is 1.66. The van der Waals surface area contributed by atoms with Crippen LogP contribution in [0.4, 0.5) is 26.5 Å². The van der Waals surface area contributed by atoms with Crippen molar-refractivity contribution in [1.82, 2.24) is 34.5 Å². The van der Waals surface area contributed by atoms with Crippen molar-refractivity contribution in [2.24, 2.45) is 0 Å². The van der Waals surface area contributed by atoms with Crippen molar-refractivity contribution < 1.29 is 13.5 Å². The van der Waals surface area contributed by atoms with Gasteiger partial charge < -0.3 is 15.0 Å². The summed E-state index contributed by atoms with van der Waals surface area (Å²) in [7, 11) is 0. The summed E-state index contributed by atoms with van der Waals surface area (Å²) in [5.41, 5.74) is 0.0886. The van der Waals surface area contributed by atoms with E-state index in [0.29, 0.717) is 49.1 Å². The first-order valence-electron chi connectivity index (χ1n) is 9.56. The molecule has 4 aromatic heterocycles. The standard InChI is InChI=1S/C19H17F2N9O/c20-15(21)13-10-12-2-1-4-23-16(12)30(13)19-27-17(25-14-3-5-22-11-24-14)26-18(28-19)29-6-8-31-9-7-29/h1-5,10-11,15H,6-9H2,(H,22,24,25,26,27,28). The number of alkyl halides is 2. The molecule has 158 valence electrons. The number of morpholine rings is 1. The molecule has 1 aliphatic heterocycles. The van der Waals surface area contributed by atoms with Crippen LogP contribution in [0.1, 0.15) is 12.1 Å². The van der Waals surface area contributed by atoms with E-state index in [2.05, 4.69) is 35.2 Å². The Morgan fingerprint density at radius 3 is 2.61 bits per heavy atom. The van der Waals surface area contributed by atoms with Crippen LogP contribution in [0.5, 0.6) is 0 Å². The van der Waals surface area contributed by atoms with Crippen LogP contribution < -0.4 is 10.2 Å². The van der Waals surface area contributed by atoms with Crippen LogP contribution in [0.25, 0.3) is 17.0 Å². The van der Waals surface area contributed by atoms with E-state index in [0.717, 1.165) is 0 Å². The highest BCUT2D eigenvalue weighted by molar-refractivity contribution is 5.79. The predicted octanol–water partition coefficient (Wildman–Crippen LogP) is 2.52. The molecule has 0 amide bonds. The summed E-state index contributed by atoms with van der Waals surface area (Å²) in [6.07, 6.45) is 1.75. The molecule has 10 nitrogen and oxygen atoms in total. The van der Waals surface area contributed by atoms with E-state index in [9.17, 15) is 8.78 Å². The Labute approximate surface area is 175 Å². The van der Waals surface area contributed by atoms with Crippen LogP contribution in [0.3, 0.4) is 0 Å². The van der Waals surface area contributed by atoms with E-state index in [1.807, 2.05) is 4.90 Å². The third-order valence-electron chi connectivity index (χ3n) is 4.74. The molecule has 31 heavy (non-hydrogen) atoms. The number of rotatable bonds is 5. The van der Waals surface area contributed by atoms with Gasteiger partial charge in [-0.1, -0.05) is 0 Å². The molecule has 0 radical (unpaired) electrons. The van der Waals surface area contributed by atoms with Gasteiger partial charge in [0.25, 0.3) is 6.43 Å². The first-order valence-corrected chi connectivity index (χ1v) is 9.56. The highest BCUT2D eigenvalue weighted by Gasteiger charge is 2.23. The zero-order valence-electron chi connectivity index (χ0n) is 16.2. The fourth-order valence-corrected chi connectivity index (χ4v) is 3.32. The Morgan fingerprint density at radius 2 is 1.84 bits per heavy atom. The number of hydrogen-bond acceptors (Lipinski definition) is 9. The number of halogens is 2. The molecule has 5 heterocycles. The zero-order chi connectivity index (χ0) is 21.2. The normalized spacial score (nSPS) is 14.4. The molecule has 0 aliphatic carbocycles. The van der Waals surface area contributed by atoms with Crippen molar-refractivity contribution >= 4 is 28.7 Å². The molecule has 0 saturated carbocycles. The maximum atomic E-state index is 13.9. The van der Waals surface area contributed by atoms with E-state index in [4.69, 9.17) is 4.74 Å². The molecule has 0 bridgehead atoms. The topological polar surface area (TPSA) is 107 Å². The Kier molecular flexibility index (Phi) is 5.04. The number of nitrogens with zero attached hydrogens (tertiary/aromatic N) is 8. The lowest BCUT2D eigenvalue weighted by Crippen LogP contribution is -2.37. The van der Waals surface area contributed by atoms with Crippen LogP contribution in [0.15, 0.2) is 43.0 Å². The molecule has 12 heteroatoms. The van der Waals surface area contributed by atoms with E-state index < -0.39 is 6.43 Å². The molecule has 0 atom stereocenters. The lowest BCUT2D eigenvalue weighted by molar-refractivity contribution is 0.122. The van der Waals surface area contributed by atoms with Crippen molar-refractivity contribution in [2.75, 3.05) is 36.5 Å². The van der Waals surface area contributed by atoms with Crippen molar-refractivity contribution in [3.8, 4) is 5.95 Å². The maximum absolute atomic E-state index is 13.9. The zero-order valence-corrected chi connectivity index (χ0v) is 16.2. The second-order valence-electron chi connectivity index (χ2n) is 6.70. The van der Waals surface area contributed by atoms with Crippen LogP contribution in [0.2, 0.25) is 0 Å². The lowest BCUT2D eigenvalue weighted by Gasteiger charge is -2.27. The number of fused-ring (bicyclic) bond motifs is 1. The molecule has 1 saturated heterocycles. The van der Waals surface area contributed by atoms with Gasteiger partial charge in [-0.25, -0.2) is 23.7 Å². The van der Waals surface area contributed by atoms with Gasteiger partial charge in [0, 0.05) is 30.9 Å². The summed E-state index contributed by atoms with van der Waals surface area (Å²) in [5.74, 6) is 1.02. The van der Waals surface area contributed by atoms with Gasteiger partial charge in [0.1, 0.15) is 17.8 Å². The van der Waals surface area contributed by atoms with Crippen LogP contribution in [-0.4, -0.2) is 60.8 Å². The molecule has 0 aromatic carbocycles. The molecule has 0 unspecified atom stereocenters. The minimum Gasteiger partial charge on any atom is -0.378 e. The fraction of sp³-hybridized carbons (Fsp3) is 0.263. The first kappa shape index (κ1) is 19.2. The van der Waals surface area contributed by atoms with Crippen molar-refractivity contribution in [2.45, 2.75) is 6.43 Å². The van der Waals surface area contributed by atoms with Gasteiger partial charge in [-0.15, -0.1) is 0 Å². The highest BCUT2D eigenvalue weighted by atomic mass is 19.3. The monoisotopic (exact) mass is 425 g/mol. The molecule has 4 aromatic rings. The lowest BCUT2D eigenvalue weighted by atomic mass is 10.3. The molecule has 0 spiro atoms. The van der Waals surface area contributed by atoms with Crippen molar-refractivity contribution in [3.63, 3.8) is 0 Å². The number of anilines is 3. The van der Waals surface area contributed by atoms with E-state index in [1.165, 1.54) is 23.2 Å². The minimum atomic E-state index is -2.74. The molecular formula is C19H17F2N9O. The summed E-state index contributed by atoms with van der Waals surface area (Å²) in [5, 5.41) is 3.56. The van der Waals surface area contributed by atoms with Crippen LogP contribution >= 0.6 is 0 Å². The van der Waals surface area contributed by atoms with Gasteiger partial charge >= 0.3 is 0 Å². The Hall–Kier alpha value is -3.80. The molecule has 5 rings (SSSR count). The number of ether oxygens (including phenoxy) is 1. The molecule has 1 N–H and O–H groups in total. The van der Waals surface area contributed by atoms with Gasteiger partial charge in [0.05, 0.1) is 18.9 Å². The average molecular weight is 425 g/mol. The molecule has 1 aliphatic rings. The average Bonchev–Trinajstić information content (AvgIpc) is 3.20. The van der Waals surface area contributed by atoms with Gasteiger partial charge in [0.2, 0.25) is 17.8 Å². The van der Waals surface area contributed by atoms with Gasteiger partial charge in [0.15, 0.2) is 0 Å². The van der Waals surface area contributed by atoms with Gasteiger partial charge in [-0.05, 0) is 24.3 Å². The van der Waals surface area contributed by atoms with E-state index >= 15 is 0 Å². The first-order chi connectivity index (χ1) is 15.2. The number of nitrogens with one attached hydrogen (secondary N) is 1. The number of pyridine rings is 1. The summed E-state index contributed by atoms with van der Waals surface area (Å²) >= 11 is 0. The van der Waals surface area contributed by atoms with Gasteiger partial charge in [-0.2, -0.15) is 15.0 Å². The number of hydrogen-bond donors (Lipinski definition) is 1. The summed E-state index contributed by atoms with van der Waals surface area (Å²) in [4.78, 5) is 27.5. The van der Waals surface area contributed by atoms with Crippen LogP contribution in [-0.2, 0) is 4.74 Å². The SMILES string of the molecule is FC(F)c1cc2cccnc2n1-c1nc(Nc2ccncn2)nc(N2CCOCC2)n1. The van der Waals surface area contributed by atoms with Crippen molar-refractivity contribution in [3.05, 3.63) is 48.7 Å². The molecular weight excluding hydrogens is 408 g/mol. The van der Waals surface area contributed by atoms with Crippen LogP contribution in [0, 0.1) is 0 Å². The predicted molar refractivity (Wildman–Crippen MR) is 108 cm³/mol. The minimum absolute atomic E-state index is 0.0389. The number of aromatic nitrogens is 7. The fourth-order valence-electron chi connectivity index (χ4n) is 3.32. The smallest absolute Gasteiger partial charge is 0.278 e. The van der Waals surface area contributed by atoms with Crippen molar-refractivity contribution in [1.29, 1.82) is 0 Å². The Bertz CT molecular complexity index is 1200. The second kappa shape index (κ2) is 8.14. The molecule has 1 fully saturated rings. The summed E-state index contributed by atoms with van der Waals surface area (Å²) < 4.78 is 34.4. The quantitative estimate of drug-likeness (QED) is 0.516. The largest absolute Gasteiger partial charge is 0.378 e. The maximum Gasteiger partial charge on any atom is 0.278 e. The second-order valence-corrected chi connectivity index (χ2v) is 6.70. The third kappa shape index (κ3) is 3.84. The summed E-state index contributed by atoms with van der Waals surface area (Å²) in [6.45, 7) is 2.18. The van der Waals surface area contributed by atoms with E-state index in [1.54, 1.807) is 24.4 Å². The Morgan fingerprint density at radius 1 is 1.00 bits per heavy atom. The summed E-state index contributed by atoms with van der Waals surface area (Å²) in [6, 6.07) is 6.45. The van der Waals surface area contributed by atoms with Gasteiger partial charge in [-0.3, -0.25) is 4.57 Å². The highest BCUT2D eigenvalue weighted by Crippen LogP contribution is 2.29. The third-order valence-corrected chi connectivity index (χ3v) is 4.74. The van der Waals surface area contributed by atoms with E-state index in [-0.39, 0.29) is 17.6 Å².